The number of carbonyl (C=O) groups excluding carboxylic acids is 1. The van der Waals surface area contributed by atoms with Gasteiger partial charge in [-0.1, -0.05) is 41.7 Å². The lowest BCUT2D eigenvalue weighted by atomic mass is 9.96. The number of rotatable bonds is 7. The summed E-state index contributed by atoms with van der Waals surface area (Å²) in [4.78, 5) is 35.1. The second-order valence-electron chi connectivity index (χ2n) is 9.23. The quantitative estimate of drug-likeness (QED) is 0.199. The van der Waals surface area contributed by atoms with Crippen molar-refractivity contribution in [1.29, 1.82) is 0 Å². The molecule has 0 amide bonds. The van der Waals surface area contributed by atoms with Crippen LogP contribution in [0.5, 0.6) is 0 Å². The number of H-pyrrole nitrogens is 1. The van der Waals surface area contributed by atoms with Crippen LogP contribution in [0.4, 0.5) is 5.95 Å². The minimum Gasteiger partial charge on any atom is -0.457 e. The monoisotopic (exact) mass is 566 g/mol. The minimum atomic E-state index is -3.55. The van der Waals surface area contributed by atoms with E-state index in [1.807, 2.05) is 30.3 Å². The van der Waals surface area contributed by atoms with Gasteiger partial charge in [0, 0.05) is 5.75 Å². The normalized spacial score (nSPS) is 32.0. The Balaban J connectivity index is 1.23. The number of fused-ring (bicyclic) bond motifs is 1. The van der Waals surface area contributed by atoms with E-state index >= 15 is 0 Å². The summed E-state index contributed by atoms with van der Waals surface area (Å²) in [6, 6.07) is 8.37. The van der Waals surface area contributed by atoms with Gasteiger partial charge in [0.1, 0.15) is 30.0 Å². The number of anilines is 1. The average molecular weight is 567 g/mol. The van der Waals surface area contributed by atoms with Gasteiger partial charge in [-0.05, 0) is 19.4 Å². The highest BCUT2D eigenvalue weighted by molar-refractivity contribution is 8.56. The van der Waals surface area contributed by atoms with Crippen LogP contribution < -0.4 is 16.4 Å². The van der Waals surface area contributed by atoms with Crippen LogP contribution >= 0.6 is 18.1 Å². The van der Waals surface area contributed by atoms with Crippen molar-refractivity contribution >= 4 is 41.2 Å². The van der Waals surface area contributed by atoms with Gasteiger partial charge in [0.2, 0.25) is 5.95 Å². The molecule has 2 saturated heterocycles. The van der Waals surface area contributed by atoms with Crippen molar-refractivity contribution in [3.8, 4) is 0 Å². The highest BCUT2D eigenvalue weighted by atomic mass is 32.7. The third-order valence-electron chi connectivity index (χ3n) is 6.44. The van der Waals surface area contributed by atoms with E-state index in [1.165, 1.54) is 17.8 Å². The first-order valence-corrected chi connectivity index (χ1v) is 14.9. The van der Waals surface area contributed by atoms with Gasteiger partial charge in [-0.3, -0.25) is 23.7 Å². The fraction of sp³-hybridized carbons (Fsp3) is 0.455. The number of esters is 1. The lowest BCUT2D eigenvalue weighted by Crippen LogP contribution is -2.44. The molecule has 2 aliphatic heterocycles. The second-order valence-corrected chi connectivity index (χ2v) is 13.6. The summed E-state index contributed by atoms with van der Waals surface area (Å²) in [5.41, 5.74) is 4.07. The van der Waals surface area contributed by atoms with E-state index in [0.717, 1.165) is 16.9 Å². The zero-order valence-corrected chi connectivity index (χ0v) is 22.1. The number of aromatic amines is 1. The third kappa shape index (κ3) is 4.98. The van der Waals surface area contributed by atoms with Crippen molar-refractivity contribution in [1.82, 2.24) is 24.6 Å². The van der Waals surface area contributed by atoms with Crippen LogP contribution in [0.15, 0.2) is 41.5 Å². The first kappa shape index (κ1) is 26.8. The largest absolute Gasteiger partial charge is 0.457 e. The highest BCUT2D eigenvalue weighted by Crippen LogP contribution is 2.61. The molecule has 7 atom stereocenters. The molecule has 0 spiro atoms. The molecular formula is C22H27N6O8PS. The van der Waals surface area contributed by atoms with Crippen LogP contribution in [0.2, 0.25) is 0 Å². The first-order valence-electron chi connectivity index (χ1n) is 11.7. The molecule has 6 N–H and O–H groups in total. The number of nitrogen functional groups attached to an aromatic ring is 1. The van der Waals surface area contributed by atoms with Gasteiger partial charge < -0.3 is 29.9 Å². The summed E-state index contributed by atoms with van der Waals surface area (Å²) in [5.74, 6) is -0.561. The molecule has 2 aromatic heterocycles. The van der Waals surface area contributed by atoms with Crippen molar-refractivity contribution in [3.05, 3.63) is 52.6 Å². The van der Waals surface area contributed by atoms with Crippen LogP contribution in [-0.2, 0) is 23.4 Å². The number of hydrogen-bond acceptors (Lipinski definition) is 12. The summed E-state index contributed by atoms with van der Waals surface area (Å²) >= 11 is 0.937. The molecule has 16 heteroatoms. The summed E-state index contributed by atoms with van der Waals surface area (Å²) in [5, 5.41) is 24.5. The third-order valence-corrected chi connectivity index (χ3v) is 10.5. The maximum atomic E-state index is 13.2. The molecule has 3 aromatic rings. The molecule has 38 heavy (non-hydrogen) atoms. The Bertz CT molecular complexity index is 1450. The van der Waals surface area contributed by atoms with Crippen LogP contribution in [0.25, 0.3) is 11.2 Å². The predicted octanol–water partition coefficient (Wildman–Crippen LogP) is 0.845. The molecule has 0 bridgehead atoms. The standard InChI is InChI=1S/C22H27N6O8PS/c1-11(12-6-4-3-5-7-12)35-19(31)13-9-38-37(33,27-13)34-8-14-16(29)22(2,32)20(36-14)28-10-24-15-17(28)25-21(23)26-18(15)30/h3-7,10-11,13-14,16,20,29,32H,8-9H2,1-2H3,(H,27,33)(H3,23,25,26,30)/t11-,13?,14?,16+,20+,22+,37-/m0/s1. The number of benzene rings is 1. The predicted molar refractivity (Wildman–Crippen MR) is 137 cm³/mol. The van der Waals surface area contributed by atoms with Crippen molar-refractivity contribution < 1.29 is 33.6 Å². The van der Waals surface area contributed by atoms with E-state index in [-0.39, 0.29) is 29.5 Å². The topological polar surface area (TPSA) is 204 Å². The van der Waals surface area contributed by atoms with Gasteiger partial charge in [0.25, 0.3) is 5.56 Å². The smallest absolute Gasteiger partial charge is 0.327 e. The van der Waals surface area contributed by atoms with Crippen LogP contribution in [0, 0.1) is 0 Å². The molecule has 4 heterocycles. The summed E-state index contributed by atoms with van der Waals surface area (Å²) < 4.78 is 31.5. The number of ether oxygens (including phenoxy) is 2. The molecule has 0 radical (unpaired) electrons. The molecule has 2 aliphatic rings. The van der Waals surface area contributed by atoms with Crippen molar-refractivity contribution in [2.24, 2.45) is 0 Å². The maximum absolute atomic E-state index is 13.2. The Morgan fingerprint density at radius 3 is 2.89 bits per heavy atom. The zero-order chi connectivity index (χ0) is 27.2. The van der Waals surface area contributed by atoms with E-state index in [0.29, 0.717) is 0 Å². The van der Waals surface area contributed by atoms with E-state index < -0.39 is 54.4 Å². The Hall–Kier alpha value is -2.78. The van der Waals surface area contributed by atoms with E-state index in [1.54, 1.807) is 6.92 Å². The number of aliphatic hydroxyl groups excluding tert-OH is 1. The summed E-state index contributed by atoms with van der Waals surface area (Å²) in [6.45, 7) is -0.825. The van der Waals surface area contributed by atoms with Gasteiger partial charge >= 0.3 is 12.7 Å². The number of carbonyl (C=O) groups is 1. The molecule has 14 nitrogen and oxygen atoms in total. The molecule has 2 unspecified atom stereocenters. The van der Waals surface area contributed by atoms with E-state index in [4.69, 9.17) is 19.7 Å². The van der Waals surface area contributed by atoms with E-state index in [9.17, 15) is 24.4 Å². The van der Waals surface area contributed by atoms with Crippen molar-refractivity contribution in [2.75, 3.05) is 18.1 Å². The highest BCUT2D eigenvalue weighted by Gasteiger charge is 2.54. The van der Waals surface area contributed by atoms with Crippen LogP contribution in [0.1, 0.15) is 31.7 Å². The lowest BCUT2D eigenvalue weighted by Gasteiger charge is -2.27. The second kappa shape index (κ2) is 10.1. The van der Waals surface area contributed by atoms with Crippen LogP contribution in [0.3, 0.4) is 0 Å². The molecule has 1 aromatic carbocycles. The Labute approximate surface area is 220 Å². The van der Waals surface area contributed by atoms with E-state index in [2.05, 4.69) is 20.0 Å². The summed E-state index contributed by atoms with van der Waals surface area (Å²) in [6.07, 6.45) is -3.03. The summed E-state index contributed by atoms with van der Waals surface area (Å²) in [7, 11) is 0. The fourth-order valence-corrected chi connectivity index (χ4v) is 8.23. The number of hydrogen-bond donors (Lipinski definition) is 5. The van der Waals surface area contributed by atoms with Crippen LogP contribution in [-0.4, -0.2) is 71.9 Å². The number of imidazole rings is 1. The molecule has 0 aliphatic carbocycles. The minimum absolute atomic E-state index is 0.0247. The molecular weight excluding hydrogens is 539 g/mol. The first-order chi connectivity index (χ1) is 18.0. The Kier molecular flexibility index (Phi) is 7.11. The Morgan fingerprint density at radius 2 is 2.16 bits per heavy atom. The fourth-order valence-electron chi connectivity index (χ4n) is 4.35. The van der Waals surface area contributed by atoms with Crippen molar-refractivity contribution in [3.63, 3.8) is 0 Å². The molecule has 2 fully saturated rings. The zero-order valence-electron chi connectivity index (χ0n) is 20.4. The number of nitrogens with zero attached hydrogens (tertiary/aromatic N) is 3. The molecule has 5 rings (SSSR count). The molecule has 204 valence electrons. The lowest BCUT2D eigenvalue weighted by molar-refractivity contribution is -0.150. The van der Waals surface area contributed by atoms with Gasteiger partial charge in [-0.2, -0.15) is 4.98 Å². The number of nitrogens with one attached hydrogen (secondary N) is 2. The van der Waals surface area contributed by atoms with Gasteiger partial charge in [-0.15, -0.1) is 0 Å². The van der Waals surface area contributed by atoms with Gasteiger partial charge in [-0.25, -0.2) is 10.1 Å². The van der Waals surface area contributed by atoms with Crippen molar-refractivity contribution in [2.45, 2.75) is 50.0 Å². The Morgan fingerprint density at radius 1 is 1.42 bits per heavy atom. The SMILES string of the molecule is C[C@H](OC(=O)C1CS[P@@](=O)(OCC2O[C@@H](n3cnc4c(=O)[nH]c(N)nc43)[C@](C)(O)[C@@H]2O)N1)c1ccccc1. The number of aliphatic hydroxyl groups is 2. The van der Waals surface area contributed by atoms with Gasteiger partial charge in [0.15, 0.2) is 17.4 Å². The maximum Gasteiger partial charge on any atom is 0.327 e. The number of aromatic nitrogens is 4. The molecule has 0 saturated carbocycles. The van der Waals surface area contributed by atoms with Gasteiger partial charge in [0.05, 0.1) is 12.9 Å². The average Bonchev–Trinajstić information content (AvgIpc) is 3.54. The number of nitrogens with two attached hydrogens (primary N) is 1.